The minimum absolute atomic E-state index is 0.515. The first kappa shape index (κ1) is 14.6. The van der Waals surface area contributed by atoms with Crippen molar-refractivity contribution in [3.8, 4) is 0 Å². The lowest BCUT2D eigenvalue weighted by atomic mass is 9.81. The largest absolute Gasteiger partial charge is 0.481 e. The minimum atomic E-state index is -0.640. The minimum Gasteiger partial charge on any atom is -0.481 e. The van der Waals surface area contributed by atoms with Gasteiger partial charge in [-0.1, -0.05) is 26.2 Å². The Hall–Kier alpha value is -1.32. The summed E-state index contributed by atoms with van der Waals surface area (Å²) in [7, 11) is 0. The second kappa shape index (κ2) is 5.82. The molecule has 0 aromatic carbocycles. The highest BCUT2D eigenvalue weighted by atomic mass is 16.4. The van der Waals surface area contributed by atoms with Gasteiger partial charge in [0.05, 0.1) is 17.2 Å². The standard InChI is InChI=1S/C17H26N2O2/c1-13-7-9-17(11-13,16(20)21)12-14-8-10-19(18-14)15-5-3-2-4-6-15/h8,10,13,15H,2-7,9,11-12H2,1H3,(H,20,21). The predicted octanol–water partition coefficient (Wildman–Crippen LogP) is 3.82. The number of carboxylic acid groups (broad SMARTS) is 1. The van der Waals surface area contributed by atoms with Gasteiger partial charge in [0.1, 0.15) is 0 Å². The summed E-state index contributed by atoms with van der Waals surface area (Å²) in [5.41, 5.74) is 0.377. The van der Waals surface area contributed by atoms with Crippen LogP contribution in [0.15, 0.2) is 12.3 Å². The monoisotopic (exact) mass is 290 g/mol. The van der Waals surface area contributed by atoms with E-state index in [0.717, 1.165) is 25.0 Å². The maximum absolute atomic E-state index is 11.7. The van der Waals surface area contributed by atoms with E-state index in [4.69, 9.17) is 5.10 Å². The van der Waals surface area contributed by atoms with Crippen molar-refractivity contribution in [2.24, 2.45) is 11.3 Å². The molecule has 2 fully saturated rings. The summed E-state index contributed by atoms with van der Waals surface area (Å²) in [4.78, 5) is 11.7. The third kappa shape index (κ3) is 2.99. The molecule has 0 saturated heterocycles. The van der Waals surface area contributed by atoms with E-state index in [2.05, 4.69) is 17.8 Å². The van der Waals surface area contributed by atoms with E-state index in [1.165, 1.54) is 32.1 Å². The summed E-state index contributed by atoms with van der Waals surface area (Å²) >= 11 is 0. The lowest BCUT2D eigenvalue weighted by Crippen LogP contribution is -2.31. The fraction of sp³-hybridized carbons (Fsp3) is 0.765. The Bertz CT molecular complexity index is 505. The van der Waals surface area contributed by atoms with E-state index in [1.807, 2.05) is 6.07 Å². The van der Waals surface area contributed by atoms with Gasteiger partial charge in [-0.05, 0) is 44.1 Å². The summed E-state index contributed by atoms with van der Waals surface area (Å²) in [6.45, 7) is 2.16. The highest BCUT2D eigenvalue weighted by molar-refractivity contribution is 5.75. The molecule has 1 N–H and O–H groups in total. The van der Waals surface area contributed by atoms with E-state index < -0.39 is 11.4 Å². The molecule has 0 bridgehead atoms. The molecule has 2 saturated carbocycles. The first-order valence-corrected chi connectivity index (χ1v) is 8.36. The zero-order valence-electron chi connectivity index (χ0n) is 12.9. The quantitative estimate of drug-likeness (QED) is 0.917. The Balaban J connectivity index is 1.72. The van der Waals surface area contributed by atoms with Crippen LogP contribution in [0.3, 0.4) is 0 Å². The molecule has 0 radical (unpaired) electrons. The number of hydrogen-bond donors (Lipinski definition) is 1. The fourth-order valence-electron chi connectivity index (χ4n) is 4.19. The SMILES string of the molecule is CC1CCC(Cc2ccn(C3CCCCC3)n2)(C(=O)O)C1. The maximum atomic E-state index is 11.7. The van der Waals surface area contributed by atoms with Crippen molar-refractivity contribution < 1.29 is 9.90 Å². The van der Waals surface area contributed by atoms with Crippen molar-refractivity contribution >= 4 is 5.97 Å². The van der Waals surface area contributed by atoms with Crippen LogP contribution < -0.4 is 0 Å². The molecule has 0 amide bonds. The Kier molecular flexibility index (Phi) is 4.05. The maximum Gasteiger partial charge on any atom is 0.310 e. The van der Waals surface area contributed by atoms with Gasteiger partial charge in [0, 0.05) is 12.6 Å². The molecule has 4 heteroatoms. The molecular weight excluding hydrogens is 264 g/mol. The van der Waals surface area contributed by atoms with Gasteiger partial charge >= 0.3 is 5.97 Å². The molecule has 2 atom stereocenters. The average Bonchev–Trinajstić information content (AvgIpc) is 3.08. The Labute approximate surface area is 126 Å². The molecule has 0 aliphatic heterocycles. The normalized spacial score (nSPS) is 30.6. The molecule has 21 heavy (non-hydrogen) atoms. The number of hydrogen-bond acceptors (Lipinski definition) is 2. The van der Waals surface area contributed by atoms with Crippen LogP contribution in [0.5, 0.6) is 0 Å². The van der Waals surface area contributed by atoms with Crippen LogP contribution in [0, 0.1) is 11.3 Å². The lowest BCUT2D eigenvalue weighted by Gasteiger charge is -2.24. The Morgan fingerprint density at radius 3 is 2.76 bits per heavy atom. The number of carboxylic acids is 1. The first-order chi connectivity index (χ1) is 10.1. The zero-order chi connectivity index (χ0) is 14.9. The average molecular weight is 290 g/mol. The van der Waals surface area contributed by atoms with Gasteiger partial charge in [0.25, 0.3) is 0 Å². The number of rotatable bonds is 4. The van der Waals surface area contributed by atoms with E-state index in [9.17, 15) is 9.90 Å². The zero-order valence-corrected chi connectivity index (χ0v) is 12.9. The smallest absolute Gasteiger partial charge is 0.310 e. The Morgan fingerprint density at radius 1 is 1.38 bits per heavy atom. The number of aromatic nitrogens is 2. The van der Waals surface area contributed by atoms with Crippen LogP contribution in [0.2, 0.25) is 0 Å². The van der Waals surface area contributed by atoms with Gasteiger partial charge in [-0.2, -0.15) is 5.10 Å². The molecule has 2 aliphatic carbocycles. The summed E-state index contributed by atoms with van der Waals surface area (Å²) in [6, 6.07) is 2.55. The molecule has 116 valence electrons. The topological polar surface area (TPSA) is 55.1 Å². The molecule has 1 aromatic heterocycles. The van der Waals surface area contributed by atoms with Crippen LogP contribution in [-0.2, 0) is 11.2 Å². The van der Waals surface area contributed by atoms with Gasteiger partial charge in [-0.15, -0.1) is 0 Å². The van der Waals surface area contributed by atoms with Crippen LogP contribution in [0.4, 0.5) is 0 Å². The van der Waals surface area contributed by atoms with Crippen LogP contribution in [0.1, 0.15) is 70.0 Å². The van der Waals surface area contributed by atoms with Crippen molar-refractivity contribution in [2.75, 3.05) is 0 Å². The first-order valence-electron chi connectivity index (χ1n) is 8.36. The Morgan fingerprint density at radius 2 is 2.14 bits per heavy atom. The van der Waals surface area contributed by atoms with Crippen molar-refractivity contribution in [1.29, 1.82) is 0 Å². The van der Waals surface area contributed by atoms with Gasteiger partial charge in [-0.3, -0.25) is 9.48 Å². The molecule has 3 rings (SSSR count). The number of carbonyl (C=O) groups is 1. The van der Waals surface area contributed by atoms with Crippen molar-refractivity contribution in [1.82, 2.24) is 9.78 Å². The summed E-state index contributed by atoms with van der Waals surface area (Å²) in [5, 5.41) is 14.4. The molecule has 1 heterocycles. The van der Waals surface area contributed by atoms with Gasteiger partial charge < -0.3 is 5.11 Å². The second-order valence-corrected chi connectivity index (χ2v) is 7.19. The highest BCUT2D eigenvalue weighted by Gasteiger charge is 2.44. The molecule has 1 aromatic rings. The summed E-state index contributed by atoms with van der Waals surface area (Å²) in [6.07, 6.45) is 11.6. The van der Waals surface area contributed by atoms with E-state index in [-0.39, 0.29) is 0 Å². The molecule has 2 unspecified atom stereocenters. The highest BCUT2D eigenvalue weighted by Crippen LogP contribution is 2.44. The van der Waals surface area contributed by atoms with Gasteiger partial charge in [0.2, 0.25) is 0 Å². The van der Waals surface area contributed by atoms with E-state index in [0.29, 0.717) is 18.4 Å². The number of aliphatic carboxylic acids is 1. The van der Waals surface area contributed by atoms with Gasteiger partial charge in [0.15, 0.2) is 0 Å². The van der Waals surface area contributed by atoms with Crippen molar-refractivity contribution in [3.63, 3.8) is 0 Å². The molecule has 4 nitrogen and oxygen atoms in total. The fourth-order valence-corrected chi connectivity index (χ4v) is 4.19. The summed E-state index contributed by atoms with van der Waals surface area (Å²) < 4.78 is 2.09. The lowest BCUT2D eigenvalue weighted by molar-refractivity contribution is -0.148. The molecule has 0 spiro atoms. The van der Waals surface area contributed by atoms with Crippen molar-refractivity contribution in [3.05, 3.63) is 18.0 Å². The molecular formula is C17H26N2O2. The van der Waals surface area contributed by atoms with Gasteiger partial charge in [-0.25, -0.2) is 0 Å². The third-order valence-electron chi connectivity index (χ3n) is 5.44. The number of nitrogens with zero attached hydrogens (tertiary/aromatic N) is 2. The molecule has 2 aliphatic rings. The predicted molar refractivity (Wildman–Crippen MR) is 81.1 cm³/mol. The summed E-state index contributed by atoms with van der Waals surface area (Å²) in [5.74, 6) is -0.124. The van der Waals surface area contributed by atoms with Crippen LogP contribution >= 0.6 is 0 Å². The van der Waals surface area contributed by atoms with Crippen LogP contribution in [-0.4, -0.2) is 20.9 Å². The van der Waals surface area contributed by atoms with E-state index in [1.54, 1.807) is 0 Å². The van der Waals surface area contributed by atoms with E-state index >= 15 is 0 Å². The third-order valence-corrected chi connectivity index (χ3v) is 5.44. The second-order valence-electron chi connectivity index (χ2n) is 7.19. The van der Waals surface area contributed by atoms with Crippen molar-refractivity contribution in [2.45, 2.75) is 70.8 Å². The van der Waals surface area contributed by atoms with Crippen LogP contribution in [0.25, 0.3) is 0 Å².